The van der Waals surface area contributed by atoms with E-state index in [-0.39, 0.29) is 17.9 Å². The van der Waals surface area contributed by atoms with Crippen LogP contribution in [-0.4, -0.2) is 47.7 Å². The third-order valence-electron chi connectivity index (χ3n) is 3.61. The van der Waals surface area contributed by atoms with Crippen LogP contribution in [0.15, 0.2) is 0 Å². The minimum absolute atomic E-state index is 0.0496. The molecule has 2 aliphatic rings. The number of hydrogen-bond acceptors (Lipinski definition) is 3. The Morgan fingerprint density at radius 2 is 1.82 bits per heavy atom. The topological polar surface area (TPSA) is 66.8 Å². The second kappa shape index (κ2) is 5.49. The smallest absolute Gasteiger partial charge is 0.306 e. The van der Waals surface area contributed by atoms with Crippen LogP contribution in [0.5, 0.6) is 0 Å². The van der Waals surface area contributed by atoms with Crippen molar-refractivity contribution in [3.8, 4) is 0 Å². The molecular formula is C12H19NO4. The Kier molecular flexibility index (Phi) is 3.99. The van der Waals surface area contributed by atoms with Crippen molar-refractivity contribution in [1.82, 2.24) is 4.90 Å². The van der Waals surface area contributed by atoms with E-state index in [0.29, 0.717) is 32.5 Å². The average Bonchev–Trinajstić information content (AvgIpc) is 2.39. The maximum Gasteiger partial charge on any atom is 0.306 e. The summed E-state index contributed by atoms with van der Waals surface area (Å²) in [6, 6.07) is 0. The second-order valence-corrected chi connectivity index (χ2v) is 4.79. The van der Waals surface area contributed by atoms with Crippen molar-refractivity contribution in [3.05, 3.63) is 0 Å². The number of hydrogen-bond donors (Lipinski definition) is 1. The van der Waals surface area contributed by atoms with Crippen LogP contribution in [0.4, 0.5) is 0 Å². The Bertz CT molecular complexity index is 291. The number of carbonyl (C=O) groups is 2. The van der Waals surface area contributed by atoms with Crippen molar-refractivity contribution in [2.24, 2.45) is 5.92 Å². The predicted molar refractivity (Wildman–Crippen MR) is 60.5 cm³/mol. The van der Waals surface area contributed by atoms with Gasteiger partial charge in [0.05, 0.1) is 5.92 Å². The van der Waals surface area contributed by atoms with Gasteiger partial charge in [-0.1, -0.05) is 0 Å². The second-order valence-electron chi connectivity index (χ2n) is 4.79. The number of carboxylic acid groups (broad SMARTS) is 1. The van der Waals surface area contributed by atoms with E-state index in [1.54, 1.807) is 4.90 Å². The van der Waals surface area contributed by atoms with Gasteiger partial charge in [-0.05, 0) is 32.1 Å². The summed E-state index contributed by atoms with van der Waals surface area (Å²) in [6.07, 6.45) is 3.72. The largest absolute Gasteiger partial charge is 0.481 e. The van der Waals surface area contributed by atoms with E-state index in [0.717, 1.165) is 19.3 Å². The molecule has 5 nitrogen and oxygen atoms in total. The number of ether oxygens (including phenoxy) is 1. The molecule has 1 unspecified atom stereocenters. The van der Waals surface area contributed by atoms with Gasteiger partial charge in [-0.15, -0.1) is 0 Å². The molecule has 0 aromatic rings. The fourth-order valence-electron chi connectivity index (χ4n) is 2.49. The van der Waals surface area contributed by atoms with E-state index in [4.69, 9.17) is 9.84 Å². The fraction of sp³-hybridized carbons (Fsp3) is 0.833. The first-order valence-electron chi connectivity index (χ1n) is 6.31. The average molecular weight is 241 g/mol. The molecule has 2 heterocycles. The van der Waals surface area contributed by atoms with Crippen molar-refractivity contribution in [1.29, 1.82) is 0 Å². The molecule has 0 aromatic heterocycles. The molecule has 0 radical (unpaired) electrons. The van der Waals surface area contributed by atoms with Gasteiger partial charge in [-0.3, -0.25) is 9.59 Å². The molecular weight excluding hydrogens is 222 g/mol. The van der Waals surface area contributed by atoms with Gasteiger partial charge >= 0.3 is 5.97 Å². The zero-order valence-electron chi connectivity index (χ0n) is 9.93. The molecule has 2 saturated heterocycles. The van der Waals surface area contributed by atoms with Gasteiger partial charge < -0.3 is 14.7 Å². The molecule has 5 heteroatoms. The molecule has 2 fully saturated rings. The SMILES string of the molecule is O=C(O)C1CCN(C(=O)C2CCCCO2)CC1. The molecule has 2 rings (SSSR count). The van der Waals surface area contributed by atoms with Crippen LogP contribution in [0.25, 0.3) is 0 Å². The molecule has 17 heavy (non-hydrogen) atoms. The van der Waals surface area contributed by atoms with E-state index >= 15 is 0 Å². The summed E-state index contributed by atoms with van der Waals surface area (Å²) < 4.78 is 5.46. The standard InChI is InChI=1S/C12H19NO4/c14-11(10-3-1-2-8-17-10)13-6-4-9(5-7-13)12(15)16/h9-10H,1-8H2,(H,15,16). The summed E-state index contributed by atoms with van der Waals surface area (Å²) in [7, 11) is 0. The Morgan fingerprint density at radius 1 is 1.12 bits per heavy atom. The van der Waals surface area contributed by atoms with Crippen molar-refractivity contribution in [2.45, 2.75) is 38.2 Å². The van der Waals surface area contributed by atoms with Crippen molar-refractivity contribution >= 4 is 11.9 Å². The lowest BCUT2D eigenvalue weighted by Gasteiger charge is -2.33. The number of rotatable bonds is 2. The first kappa shape index (κ1) is 12.4. The summed E-state index contributed by atoms with van der Waals surface area (Å²) in [5.41, 5.74) is 0. The minimum Gasteiger partial charge on any atom is -0.481 e. The van der Waals surface area contributed by atoms with Crippen molar-refractivity contribution < 1.29 is 19.4 Å². The van der Waals surface area contributed by atoms with Gasteiger partial charge in [-0.2, -0.15) is 0 Å². The number of aliphatic carboxylic acids is 1. The molecule has 1 atom stereocenters. The fourth-order valence-corrected chi connectivity index (χ4v) is 2.49. The molecule has 0 spiro atoms. The zero-order chi connectivity index (χ0) is 12.3. The van der Waals surface area contributed by atoms with Crippen LogP contribution < -0.4 is 0 Å². The highest BCUT2D eigenvalue weighted by atomic mass is 16.5. The number of amides is 1. The van der Waals surface area contributed by atoms with Gasteiger partial charge in [0.2, 0.25) is 0 Å². The Hall–Kier alpha value is -1.10. The highest BCUT2D eigenvalue weighted by Crippen LogP contribution is 2.21. The van der Waals surface area contributed by atoms with Crippen molar-refractivity contribution in [2.75, 3.05) is 19.7 Å². The van der Waals surface area contributed by atoms with Crippen LogP contribution in [0.3, 0.4) is 0 Å². The number of nitrogens with zero attached hydrogens (tertiary/aromatic N) is 1. The molecule has 2 aliphatic heterocycles. The number of carboxylic acids is 1. The van der Waals surface area contributed by atoms with E-state index in [2.05, 4.69) is 0 Å². The van der Waals surface area contributed by atoms with Gasteiger partial charge in [0, 0.05) is 19.7 Å². The van der Waals surface area contributed by atoms with Crippen LogP contribution >= 0.6 is 0 Å². The molecule has 1 amide bonds. The third kappa shape index (κ3) is 2.97. The van der Waals surface area contributed by atoms with Gasteiger partial charge in [0.25, 0.3) is 5.91 Å². The van der Waals surface area contributed by atoms with Gasteiger partial charge in [0.15, 0.2) is 0 Å². The first-order valence-corrected chi connectivity index (χ1v) is 6.31. The van der Waals surface area contributed by atoms with Crippen LogP contribution in [0, 0.1) is 5.92 Å². The highest BCUT2D eigenvalue weighted by molar-refractivity contribution is 5.81. The van der Waals surface area contributed by atoms with Gasteiger partial charge in [-0.25, -0.2) is 0 Å². The lowest BCUT2D eigenvalue weighted by molar-refractivity contribution is -0.151. The van der Waals surface area contributed by atoms with Crippen LogP contribution in [0.2, 0.25) is 0 Å². The van der Waals surface area contributed by atoms with Crippen LogP contribution in [-0.2, 0) is 14.3 Å². The summed E-state index contributed by atoms with van der Waals surface area (Å²) in [5, 5.41) is 8.88. The minimum atomic E-state index is -0.744. The lowest BCUT2D eigenvalue weighted by atomic mass is 9.96. The lowest BCUT2D eigenvalue weighted by Crippen LogP contribution is -2.46. The normalized spacial score (nSPS) is 26.8. The Morgan fingerprint density at radius 3 is 2.35 bits per heavy atom. The molecule has 0 aliphatic carbocycles. The predicted octanol–water partition coefficient (Wildman–Crippen LogP) is 0.879. The number of piperidine rings is 1. The summed E-state index contributed by atoms with van der Waals surface area (Å²) >= 11 is 0. The molecule has 1 N–H and O–H groups in total. The van der Waals surface area contributed by atoms with E-state index in [1.807, 2.05) is 0 Å². The van der Waals surface area contributed by atoms with Gasteiger partial charge in [0.1, 0.15) is 6.10 Å². The zero-order valence-corrected chi connectivity index (χ0v) is 9.93. The Balaban J connectivity index is 1.83. The summed E-state index contributed by atoms with van der Waals surface area (Å²) in [5.74, 6) is -0.981. The maximum absolute atomic E-state index is 12.1. The van der Waals surface area contributed by atoms with E-state index in [1.165, 1.54) is 0 Å². The quantitative estimate of drug-likeness (QED) is 0.779. The first-order chi connectivity index (χ1) is 8.18. The molecule has 0 aromatic carbocycles. The van der Waals surface area contributed by atoms with E-state index in [9.17, 15) is 9.59 Å². The van der Waals surface area contributed by atoms with E-state index < -0.39 is 5.97 Å². The molecule has 96 valence electrons. The summed E-state index contributed by atoms with van der Waals surface area (Å²) in [6.45, 7) is 1.77. The van der Waals surface area contributed by atoms with Crippen LogP contribution in [0.1, 0.15) is 32.1 Å². The molecule has 0 bridgehead atoms. The number of likely N-dealkylation sites (tertiary alicyclic amines) is 1. The van der Waals surface area contributed by atoms with Crippen molar-refractivity contribution in [3.63, 3.8) is 0 Å². The monoisotopic (exact) mass is 241 g/mol. The highest BCUT2D eigenvalue weighted by Gasteiger charge is 2.31. The molecule has 0 saturated carbocycles. The number of carbonyl (C=O) groups excluding carboxylic acids is 1. The maximum atomic E-state index is 12.1. The summed E-state index contributed by atoms with van der Waals surface area (Å²) in [4.78, 5) is 24.6. The Labute approximate surface area is 101 Å². The third-order valence-corrected chi connectivity index (χ3v) is 3.61.